The van der Waals surface area contributed by atoms with E-state index in [1.807, 2.05) is 13.8 Å². The van der Waals surface area contributed by atoms with E-state index in [1.165, 1.54) is 33.9 Å². The van der Waals surface area contributed by atoms with E-state index in [-0.39, 0.29) is 72.6 Å². The molecule has 3 aromatic rings. The summed E-state index contributed by atoms with van der Waals surface area (Å²) < 4.78 is 56.7. The molecule has 0 bridgehead atoms. The minimum atomic E-state index is -4.82. The standard InChI is InChI=1S/C29H31F3N4O5S.ClH/c1-5-40-27(39)19-20(29(30,31)32)14(2)35(12-15-11-33-8-9-41-15)23(19)17-6-7-34-18-10-16(42-24(17)18)13-36-25(37)21-22(26(36)38)28(21,3)4;/h6-7,10,15,21-22,33H,5,8-9,11-13H2,1-4H3;1H/t15-,21?,22?;/m0./s1. The van der Waals surface area contributed by atoms with Crippen molar-refractivity contribution in [2.24, 2.45) is 17.3 Å². The van der Waals surface area contributed by atoms with E-state index in [4.69, 9.17) is 9.47 Å². The summed E-state index contributed by atoms with van der Waals surface area (Å²) in [6.07, 6.45) is -3.76. The van der Waals surface area contributed by atoms with Gasteiger partial charge in [-0.2, -0.15) is 13.2 Å². The number of morpholine rings is 1. The van der Waals surface area contributed by atoms with Crippen LogP contribution in [-0.4, -0.2) is 64.6 Å². The summed E-state index contributed by atoms with van der Waals surface area (Å²) in [6.45, 7) is 8.24. The highest BCUT2D eigenvalue weighted by atomic mass is 35.5. The number of hydrogen-bond acceptors (Lipinski definition) is 8. The number of halogens is 4. The number of ether oxygens (including phenoxy) is 2. The van der Waals surface area contributed by atoms with E-state index in [0.717, 1.165) is 0 Å². The first kappa shape index (κ1) is 31.4. The molecule has 1 aliphatic carbocycles. The molecule has 3 aliphatic rings. The van der Waals surface area contributed by atoms with Crippen molar-refractivity contribution in [2.45, 2.75) is 53.1 Å². The normalized spacial score (nSPS) is 23.0. The van der Waals surface area contributed by atoms with E-state index < -0.39 is 29.4 Å². The van der Waals surface area contributed by atoms with E-state index in [9.17, 15) is 27.6 Å². The molecule has 2 amide bonds. The fraction of sp³-hybridized carbons (Fsp3) is 0.517. The highest BCUT2D eigenvalue weighted by molar-refractivity contribution is 7.19. The first-order valence-electron chi connectivity index (χ1n) is 13.9. The van der Waals surface area contributed by atoms with Gasteiger partial charge in [-0.15, -0.1) is 23.7 Å². The summed E-state index contributed by atoms with van der Waals surface area (Å²) in [4.78, 5) is 45.5. The van der Waals surface area contributed by atoms with Gasteiger partial charge in [0.15, 0.2) is 0 Å². The Balaban J connectivity index is 0.00000368. The summed E-state index contributed by atoms with van der Waals surface area (Å²) >= 11 is 1.24. The Hall–Kier alpha value is -3.00. The lowest BCUT2D eigenvalue weighted by Crippen LogP contribution is -2.41. The first-order chi connectivity index (χ1) is 19.9. The van der Waals surface area contributed by atoms with Crippen LogP contribution in [0.1, 0.15) is 47.3 Å². The number of rotatable bonds is 7. The topological polar surface area (TPSA) is 103 Å². The van der Waals surface area contributed by atoms with Crippen LogP contribution in [0, 0.1) is 24.2 Å². The number of pyridine rings is 1. The molecule has 6 rings (SSSR count). The van der Waals surface area contributed by atoms with Gasteiger partial charge in [0, 0.05) is 35.4 Å². The molecule has 3 atom stereocenters. The average molecular weight is 641 g/mol. The molecule has 5 heterocycles. The maximum atomic E-state index is 14.6. The number of imide groups is 1. The van der Waals surface area contributed by atoms with Crippen molar-refractivity contribution < 1.29 is 37.0 Å². The van der Waals surface area contributed by atoms with Crippen LogP contribution in [-0.2, 0) is 38.3 Å². The van der Waals surface area contributed by atoms with Gasteiger partial charge in [0.1, 0.15) is 0 Å². The fourth-order valence-electron chi connectivity index (χ4n) is 6.50. The zero-order valence-electron chi connectivity index (χ0n) is 24.0. The largest absolute Gasteiger partial charge is 0.462 e. The summed E-state index contributed by atoms with van der Waals surface area (Å²) in [5, 5.41) is 3.19. The quantitative estimate of drug-likeness (QED) is 0.292. The lowest BCUT2D eigenvalue weighted by molar-refractivity contribution is -0.143. The van der Waals surface area contributed by atoms with Crippen molar-refractivity contribution in [2.75, 3.05) is 26.3 Å². The molecule has 0 spiro atoms. The number of amides is 2. The van der Waals surface area contributed by atoms with Gasteiger partial charge >= 0.3 is 12.1 Å². The molecule has 232 valence electrons. The van der Waals surface area contributed by atoms with Crippen molar-refractivity contribution in [3.05, 3.63) is 40.0 Å². The highest BCUT2D eigenvalue weighted by Gasteiger charge is 2.72. The van der Waals surface area contributed by atoms with Crippen molar-refractivity contribution >= 4 is 51.7 Å². The van der Waals surface area contributed by atoms with Gasteiger partial charge in [0.05, 0.1) is 71.3 Å². The Kier molecular flexibility index (Phi) is 8.16. The Bertz CT molecular complexity index is 1590. The van der Waals surface area contributed by atoms with E-state index in [1.54, 1.807) is 19.1 Å². The number of esters is 1. The number of fused-ring (bicyclic) bond motifs is 2. The Morgan fingerprint density at radius 3 is 2.56 bits per heavy atom. The number of carbonyl (C=O) groups excluding carboxylic acids is 3. The van der Waals surface area contributed by atoms with Gasteiger partial charge in [-0.05, 0) is 31.4 Å². The number of nitrogens with zero attached hydrogens (tertiary/aromatic N) is 3. The summed E-state index contributed by atoms with van der Waals surface area (Å²) in [6, 6.07) is 3.32. The van der Waals surface area contributed by atoms with Gasteiger partial charge in [-0.25, -0.2) is 4.79 Å². The second-order valence-corrected chi connectivity index (χ2v) is 12.7. The van der Waals surface area contributed by atoms with Crippen molar-refractivity contribution in [1.29, 1.82) is 0 Å². The average Bonchev–Trinajstić information content (AvgIpc) is 3.20. The minimum Gasteiger partial charge on any atom is -0.462 e. The van der Waals surface area contributed by atoms with Crippen LogP contribution >= 0.6 is 23.7 Å². The lowest BCUT2D eigenvalue weighted by atomic mass is 10.0. The zero-order chi connectivity index (χ0) is 30.1. The van der Waals surface area contributed by atoms with Crippen molar-refractivity contribution in [1.82, 2.24) is 19.8 Å². The molecule has 0 aromatic carbocycles. The van der Waals surface area contributed by atoms with Crippen LogP contribution in [0.15, 0.2) is 18.3 Å². The Morgan fingerprint density at radius 2 is 1.95 bits per heavy atom. The second-order valence-electron chi connectivity index (χ2n) is 11.5. The highest BCUT2D eigenvalue weighted by Crippen LogP contribution is 2.63. The maximum Gasteiger partial charge on any atom is 0.418 e. The molecule has 2 aliphatic heterocycles. The molecular formula is C29H32ClF3N4O5S. The number of aromatic nitrogens is 2. The first-order valence-corrected chi connectivity index (χ1v) is 14.7. The SMILES string of the molecule is CCOC(=O)c1c(C(F)(F)F)c(C)n(C[C@@H]2CNCCO2)c1-c1ccnc2cc(CN3C(=O)C4C(C3=O)C4(C)C)sc12.Cl. The third kappa shape index (κ3) is 5.13. The van der Waals surface area contributed by atoms with E-state index >= 15 is 0 Å². The molecule has 2 unspecified atom stereocenters. The molecule has 1 saturated carbocycles. The van der Waals surface area contributed by atoms with Crippen LogP contribution < -0.4 is 5.32 Å². The van der Waals surface area contributed by atoms with Crippen LogP contribution in [0.4, 0.5) is 13.2 Å². The molecule has 14 heteroatoms. The van der Waals surface area contributed by atoms with E-state index in [0.29, 0.717) is 40.4 Å². The van der Waals surface area contributed by atoms with E-state index in [2.05, 4.69) is 10.3 Å². The van der Waals surface area contributed by atoms with Crippen LogP contribution in [0.2, 0.25) is 0 Å². The lowest BCUT2D eigenvalue weighted by Gasteiger charge is -2.26. The number of thiophene rings is 1. The number of hydrogen-bond donors (Lipinski definition) is 1. The molecule has 3 fully saturated rings. The zero-order valence-corrected chi connectivity index (χ0v) is 25.7. The van der Waals surface area contributed by atoms with Gasteiger partial charge in [0.2, 0.25) is 11.8 Å². The maximum absolute atomic E-state index is 14.6. The third-order valence-electron chi connectivity index (χ3n) is 8.60. The van der Waals surface area contributed by atoms with Crippen molar-refractivity contribution in [3.63, 3.8) is 0 Å². The van der Waals surface area contributed by atoms with Gasteiger partial charge in [0.25, 0.3) is 0 Å². The minimum absolute atomic E-state index is 0. The Labute approximate surface area is 256 Å². The molecule has 43 heavy (non-hydrogen) atoms. The monoisotopic (exact) mass is 640 g/mol. The molecule has 1 N–H and O–H groups in total. The molecule has 9 nitrogen and oxygen atoms in total. The predicted octanol–water partition coefficient (Wildman–Crippen LogP) is 4.82. The smallest absolute Gasteiger partial charge is 0.418 e. The van der Waals surface area contributed by atoms with Crippen molar-refractivity contribution in [3.8, 4) is 11.3 Å². The van der Waals surface area contributed by atoms with Crippen LogP contribution in [0.5, 0.6) is 0 Å². The number of likely N-dealkylation sites (tertiary alicyclic amines) is 1. The predicted molar refractivity (Wildman–Crippen MR) is 155 cm³/mol. The summed E-state index contributed by atoms with van der Waals surface area (Å²) in [5.41, 5.74) is -1.11. The summed E-state index contributed by atoms with van der Waals surface area (Å²) in [5.74, 6) is -2.11. The number of piperidine rings is 1. The molecular weight excluding hydrogens is 609 g/mol. The van der Waals surface area contributed by atoms with Gasteiger partial charge in [-0.1, -0.05) is 13.8 Å². The fourth-order valence-corrected chi connectivity index (χ4v) is 7.62. The van der Waals surface area contributed by atoms with Gasteiger partial charge in [-0.3, -0.25) is 19.5 Å². The molecule has 3 aromatic heterocycles. The number of carbonyl (C=O) groups is 3. The second kappa shape index (κ2) is 11.2. The number of alkyl halides is 3. The Morgan fingerprint density at radius 1 is 1.26 bits per heavy atom. The molecule has 0 radical (unpaired) electrons. The van der Waals surface area contributed by atoms with Gasteiger partial charge < -0.3 is 19.4 Å². The van der Waals surface area contributed by atoms with Crippen LogP contribution in [0.3, 0.4) is 0 Å². The third-order valence-corrected chi connectivity index (χ3v) is 9.74. The number of nitrogens with one attached hydrogen (secondary N) is 1. The summed E-state index contributed by atoms with van der Waals surface area (Å²) in [7, 11) is 0. The van der Waals surface area contributed by atoms with Crippen LogP contribution in [0.25, 0.3) is 21.5 Å². The molecule has 2 saturated heterocycles.